The molecule has 0 bridgehead atoms. The quantitative estimate of drug-likeness (QED) is 0.585. The Hall–Kier alpha value is -3.34. The minimum atomic E-state index is 0.103. The fraction of sp³-hybridized carbons (Fsp3) is 0.280. The maximum Gasteiger partial charge on any atom is 0.253 e. The molecule has 1 saturated heterocycles. The van der Waals surface area contributed by atoms with Crippen LogP contribution in [0.5, 0.6) is 11.5 Å². The number of aromatic nitrogens is 1. The standard InChI is InChI=1S/C25H26N2O3/c1-29-23-15-21(16-24(17-23)30-18-22-10-3-4-11-26-22)19-8-7-9-20(14-19)25(28)27-12-5-2-6-13-27/h3-4,7-11,14-17H,2,5-6,12-13,18H2,1H3. The Labute approximate surface area is 177 Å². The molecule has 3 aromatic rings. The van der Waals surface area contributed by atoms with E-state index in [4.69, 9.17) is 9.47 Å². The maximum atomic E-state index is 12.9. The van der Waals surface area contributed by atoms with E-state index in [1.165, 1.54) is 6.42 Å². The van der Waals surface area contributed by atoms with Gasteiger partial charge in [-0.15, -0.1) is 0 Å². The molecule has 5 nitrogen and oxygen atoms in total. The van der Waals surface area contributed by atoms with Crippen molar-refractivity contribution in [2.75, 3.05) is 20.2 Å². The molecular weight excluding hydrogens is 376 g/mol. The lowest BCUT2D eigenvalue weighted by Gasteiger charge is -2.26. The molecule has 154 valence electrons. The van der Waals surface area contributed by atoms with Crippen molar-refractivity contribution in [3.63, 3.8) is 0 Å². The summed E-state index contributed by atoms with van der Waals surface area (Å²) < 4.78 is 11.4. The second kappa shape index (κ2) is 9.44. The summed E-state index contributed by atoms with van der Waals surface area (Å²) in [4.78, 5) is 19.2. The second-order valence-corrected chi connectivity index (χ2v) is 7.44. The average molecular weight is 402 g/mol. The first-order valence-electron chi connectivity index (χ1n) is 10.3. The summed E-state index contributed by atoms with van der Waals surface area (Å²) in [5.41, 5.74) is 3.47. The van der Waals surface area contributed by atoms with E-state index in [0.717, 1.165) is 42.8 Å². The molecule has 0 atom stereocenters. The van der Waals surface area contributed by atoms with E-state index >= 15 is 0 Å². The van der Waals surface area contributed by atoms with Gasteiger partial charge in [-0.2, -0.15) is 0 Å². The topological polar surface area (TPSA) is 51.7 Å². The molecule has 0 spiro atoms. The van der Waals surface area contributed by atoms with Crippen LogP contribution in [0.25, 0.3) is 11.1 Å². The number of ether oxygens (including phenoxy) is 2. The summed E-state index contributed by atoms with van der Waals surface area (Å²) in [5, 5.41) is 0. The van der Waals surface area contributed by atoms with Crippen LogP contribution in [0.1, 0.15) is 35.3 Å². The van der Waals surface area contributed by atoms with Crippen molar-refractivity contribution in [1.82, 2.24) is 9.88 Å². The number of carbonyl (C=O) groups excluding carboxylic acids is 1. The van der Waals surface area contributed by atoms with Gasteiger partial charge < -0.3 is 14.4 Å². The van der Waals surface area contributed by atoms with Crippen molar-refractivity contribution in [2.45, 2.75) is 25.9 Å². The molecular formula is C25H26N2O3. The van der Waals surface area contributed by atoms with Crippen molar-refractivity contribution in [3.05, 3.63) is 78.1 Å². The average Bonchev–Trinajstić information content (AvgIpc) is 2.83. The summed E-state index contributed by atoms with van der Waals surface area (Å²) in [6, 6.07) is 19.3. The van der Waals surface area contributed by atoms with Crippen LogP contribution in [0.4, 0.5) is 0 Å². The number of rotatable bonds is 6. The number of benzene rings is 2. The number of piperidine rings is 1. The normalized spacial score (nSPS) is 13.7. The zero-order valence-corrected chi connectivity index (χ0v) is 17.2. The van der Waals surface area contributed by atoms with Crippen LogP contribution in [0, 0.1) is 0 Å². The smallest absolute Gasteiger partial charge is 0.253 e. The summed E-state index contributed by atoms with van der Waals surface area (Å²) >= 11 is 0. The van der Waals surface area contributed by atoms with Gasteiger partial charge in [0, 0.05) is 30.9 Å². The largest absolute Gasteiger partial charge is 0.497 e. The summed E-state index contributed by atoms with van der Waals surface area (Å²) in [6.07, 6.45) is 5.12. The van der Waals surface area contributed by atoms with Gasteiger partial charge in [-0.05, 0) is 66.8 Å². The molecule has 0 saturated carbocycles. The van der Waals surface area contributed by atoms with Crippen molar-refractivity contribution < 1.29 is 14.3 Å². The first kappa shape index (κ1) is 20.0. The van der Waals surface area contributed by atoms with Gasteiger partial charge >= 0.3 is 0 Å². The van der Waals surface area contributed by atoms with E-state index in [1.54, 1.807) is 13.3 Å². The van der Waals surface area contributed by atoms with Gasteiger partial charge in [0.1, 0.15) is 18.1 Å². The predicted molar refractivity (Wildman–Crippen MR) is 117 cm³/mol. The molecule has 0 N–H and O–H groups in total. The highest BCUT2D eigenvalue weighted by molar-refractivity contribution is 5.95. The SMILES string of the molecule is COc1cc(OCc2ccccn2)cc(-c2cccc(C(=O)N3CCCCC3)c2)c1. The fourth-order valence-electron chi connectivity index (χ4n) is 3.69. The number of amides is 1. The molecule has 1 amide bonds. The van der Waals surface area contributed by atoms with Crippen LogP contribution < -0.4 is 9.47 Å². The zero-order valence-electron chi connectivity index (χ0n) is 17.2. The minimum Gasteiger partial charge on any atom is -0.497 e. The van der Waals surface area contributed by atoms with Gasteiger partial charge in [0.05, 0.1) is 12.8 Å². The van der Waals surface area contributed by atoms with E-state index in [1.807, 2.05) is 65.6 Å². The van der Waals surface area contributed by atoms with E-state index < -0.39 is 0 Å². The first-order valence-corrected chi connectivity index (χ1v) is 10.3. The molecule has 1 aliphatic heterocycles. The summed E-state index contributed by atoms with van der Waals surface area (Å²) in [6.45, 7) is 2.06. The Morgan fingerprint density at radius 2 is 1.77 bits per heavy atom. The molecule has 1 aliphatic rings. The van der Waals surface area contributed by atoms with Crippen LogP contribution in [0.2, 0.25) is 0 Å². The molecule has 0 aliphatic carbocycles. The highest BCUT2D eigenvalue weighted by Crippen LogP contribution is 2.31. The Balaban J connectivity index is 1.57. The number of hydrogen-bond donors (Lipinski definition) is 0. The first-order chi connectivity index (χ1) is 14.7. The third kappa shape index (κ3) is 4.79. The highest BCUT2D eigenvalue weighted by Gasteiger charge is 2.18. The van der Waals surface area contributed by atoms with Gasteiger partial charge in [-0.3, -0.25) is 9.78 Å². The van der Waals surface area contributed by atoms with Gasteiger partial charge in [0.25, 0.3) is 5.91 Å². The monoisotopic (exact) mass is 402 g/mol. The Morgan fingerprint density at radius 3 is 2.53 bits per heavy atom. The van der Waals surface area contributed by atoms with Crippen molar-refractivity contribution in [3.8, 4) is 22.6 Å². The van der Waals surface area contributed by atoms with E-state index in [-0.39, 0.29) is 5.91 Å². The molecule has 0 unspecified atom stereocenters. The highest BCUT2D eigenvalue weighted by atomic mass is 16.5. The van der Waals surface area contributed by atoms with Crippen LogP contribution in [0.3, 0.4) is 0 Å². The van der Waals surface area contributed by atoms with Gasteiger partial charge in [-0.1, -0.05) is 18.2 Å². The molecule has 1 fully saturated rings. The number of pyridine rings is 1. The van der Waals surface area contributed by atoms with Crippen molar-refractivity contribution in [1.29, 1.82) is 0 Å². The van der Waals surface area contributed by atoms with Crippen LogP contribution >= 0.6 is 0 Å². The number of nitrogens with zero attached hydrogens (tertiary/aromatic N) is 2. The Bertz CT molecular complexity index is 998. The van der Waals surface area contributed by atoms with E-state index in [2.05, 4.69) is 4.98 Å². The lowest BCUT2D eigenvalue weighted by molar-refractivity contribution is 0.0724. The number of hydrogen-bond acceptors (Lipinski definition) is 4. The lowest BCUT2D eigenvalue weighted by Crippen LogP contribution is -2.35. The van der Waals surface area contributed by atoms with Gasteiger partial charge in [0.15, 0.2) is 0 Å². The van der Waals surface area contributed by atoms with Crippen molar-refractivity contribution in [2.24, 2.45) is 0 Å². The van der Waals surface area contributed by atoms with Gasteiger partial charge in [-0.25, -0.2) is 0 Å². The molecule has 2 aromatic carbocycles. The second-order valence-electron chi connectivity index (χ2n) is 7.44. The minimum absolute atomic E-state index is 0.103. The van der Waals surface area contributed by atoms with E-state index in [9.17, 15) is 4.79 Å². The molecule has 1 aromatic heterocycles. The zero-order chi connectivity index (χ0) is 20.8. The van der Waals surface area contributed by atoms with Crippen molar-refractivity contribution >= 4 is 5.91 Å². The number of likely N-dealkylation sites (tertiary alicyclic amines) is 1. The third-order valence-corrected chi connectivity index (χ3v) is 5.31. The third-order valence-electron chi connectivity index (χ3n) is 5.31. The molecule has 0 radical (unpaired) electrons. The lowest BCUT2D eigenvalue weighted by atomic mass is 10.0. The summed E-state index contributed by atoms with van der Waals surface area (Å²) in [7, 11) is 1.64. The Morgan fingerprint density at radius 1 is 0.933 bits per heavy atom. The van der Waals surface area contributed by atoms with Crippen LogP contribution in [-0.4, -0.2) is 36.0 Å². The molecule has 2 heterocycles. The molecule has 4 rings (SSSR count). The van der Waals surface area contributed by atoms with Gasteiger partial charge in [0.2, 0.25) is 0 Å². The van der Waals surface area contributed by atoms with Crippen LogP contribution in [0.15, 0.2) is 66.9 Å². The molecule has 30 heavy (non-hydrogen) atoms. The molecule has 5 heteroatoms. The number of carbonyl (C=O) groups is 1. The fourth-order valence-corrected chi connectivity index (χ4v) is 3.69. The predicted octanol–water partition coefficient (Wildman–Crippen LogP) is 4.96. The summed E-state index contributed by atoms with van der Waals surface area (Å²) in [5.74, 6) is 1.50. The van der Waals surface area contributed by atoms with Crippen LogP contribution in [-0.2, 0) is 6.61 Å². The Kier molecular flexibility index (Phi) is 6.28. The number of methoxy groups -OCH3 is 1. The van der Waals surface area contributed by atoms with E-state index in [0.29, 0.717) is 23.7 Å². The maximum absolute atomic E-state index is 12.9.